The van der Waals surface area contributed by atoms with Crippen molar-refractivity contribution < 1.29 is 5.11 Å². The third-order valence-corrected chi connectivity index (χ3v) is 4.89. The van der Waals surface area contributed by atoms with E-state index in [2.05, 4.69) is 54.7 Å². The Balaban J connectivity index is 1.64. The maximum absolute atomic E-state index is 9.83. The first-order valence-electron chi connectivity index (χ1n) is 9.05. The fourth-order valence-corrected chi connectivity index (χ4v) is 3.18. The van der Waals surface area contributed by atoms with Crippen LogP contribution in [0.15, 0.2) is 73.1 Å². The number of rotatable bonds is 8. The highest BCUT2D eigenvalue weighted by atomic mass is 16.3. The van der Waals surface area contributed by atoms with Crippen LogP contribution in [0.1, 0.15) is 30.9 Å². The molecule has 2 N–H and O–H groups in total. The third-order valence-electron chi connectivity index (χ3n) is 4.89. The minimum Gasteiger partial charge on any atom is -0.396 e. The third kappa shape index (κ3) is 4.40. The molecule has 3 aromatic rings. The van der Waals surface area contributed by atoms with Gasteiger partial charge < -0.3 is 10.4 Å². The van der Waals surface area contributed by atoms with Crippen molar-refractivity contribution in [1.82, 2.24) is 15.1 Å². The van der Waals surface area contributed by atoms with Crippen molar-refractivity contribution in [2.75, 3.05) is 13.2 Å². The van der Waals surface area contributed by atoms with E-state index in [-0.39, 0.29) is 17.9 Å². The van der Waals surface area contributed by atoms with Crippen LogP contribution in [0.4, 0.5) is 0 Å². The minimum absolute atomic E-state index is 0.153. The van der Waals surface area contributed by atoms with Crippen LogP contribution >= 0.6 is 0 Å². The Morgan fingerprint density at radius 1 is 1.04 bits per heavy atom. The van der Waals surface area contributed by atoms with Gasteiger partial charge in [0.1, 0.15) is 0 Å². The molecule has 0 bridgehead atoms. The predicted octanol–water partition coefficient (Wildman–Crippen LogP) is 3.76. The van der Waals surface area contributed by atoms with E-state index in [1.54, 1.807) is 0 Å². The number of aromatic nitrogens is 2. The van der Waals surface area contributed by atoms with Crippen molar-refractivity contribution in [3.05, 3.63) is 84.2 Å². The number of nitrogens with one attached hydrogen (secondary N) is 1. The van der Waals surface area contributed by atoms with Crippen LogP contribution in [0.2, 0.25) is 0 Å². The molecular formula is C22H27N3O. The number of aliphatic hydroxyl groups excluding tert-OH is 1. The van der Waals surface area contributed by atoms with Gasteiger partial charge in [0.05, 0.1) is 11.9 Å². The van der Waals surface area contributed by atoms with Crippen LogP contribution < -0.4 is 5.32 Å². The second-order valence-corrected chi connectivity index (χ2v) is 7.37. The van der Waals surface area contributed by atoms with E-state index in [1.165, 1.54) is 5.56 Å². The lowest BCUT2D eigenvalue weighted by molar-refractivity contribution is 0.129. The van der Waals surface area contributed by atoms with Crippen molar-refractivity contribution in [3.8, 4) is 5.69 Å². The van der Waals surface area contributed by atoms with Crippen LogP contribution in [-0.2, 0) is 6.54 Å². The maximum Gasteiger partial charge on any atom is 0.0645 e. The van der Waals surface area contributed by atoms with Crippen molar-refractivity contribution in [2.45, 2.75) is 26.3 Å². The Morgan fingerprint density at radius 2 is 1.69 bits per heavy atom. The average Bonchev–Trinajstić information content (AvgIpc) is 3.15. The van der Waals surface area contributed by atoms with E-state index in [9.17, 15) is 5.11 Å². The first kappa shape index (κ1) is 18.4. The Hall–Kier alpha value is -2.43. The molecule has 1 aromatic heterocycles. The molecule has 0 aliphatic heterocycles. The van der Waals surface area contributed by atoms with Gasteiger partial charge in [0.15, 0.2) is 0 Å². The molecule has 4 nitrogen and oxygen atoms in total. The average molecular weight is 349 g/mol. The summed E-state index contributed by atoms with van der Waals surface area (Å²) >= 11 is 0. The van der Waals surface area contributed by atoms with E-state index >= 15 is 0 Å². The van der Waals surface area contributed by atoms with Crippen LogP contribution in [0, 0.1) is 5.41 Å². The second kappa shape index (κ2) is 8.30. The van der Waals surface area contributed by atoms with Crippen molar-refractivity contribution >= 4 is 0 Å². The highest BCUT2D eigenvalue weighted by Gasteiger charge is 2.29. The SMILES string of the molecule is CC(C)(CO)C(CNCc1cnn(-c2ccccc2)c1)c1ccccc1. The molecule has 136 valence electrons. The van der Waals surface area contributed by atoms with E-state index in [0.29, 0.717) is 0 Å². The predicted molar refractivity (Wildman–Crippen MR) is 105 cm³/mol. The summed E-state index contributed by atoms with van der Waals surface area (Å²) in [4.78, 5) is 0. The maximum atomic E-state index is 9.83. The first-order chi connectivity index (χ1) is 12.6. The fourth-order valence-electron chi connectivity index (χ4n) is 3.18. The molecule has 0 spiro atoms. The van der Waals surface area contributed by atoms with Crippen LogP contribution in [0.5, 0.6) is 0 Å². The second-order valence-electron chi connectivity index (χ2n) is 7.37. The van der Waals surface area contributed by atoms with Gasteiger partial charge in [-0.15, -0.1) is 0 Å². The summed E-state index contributed by atoms with van der Waals surface area (Å²) in [5, 5.41) is 17.8. The topological polar surface area (TPSA) is 50.1 Å². The molecule has 0 aliphatic carbocycles. The number of hydrogen-bond donors (Lipinski definition) is 2. The highest BCUT2D eigenvalue weighted by molar-refractivity contribution is 5.31. The molecule has 2 aromatic carbocycles. The van der Waals surface area contributed by atoms with Gasteiger partial charge in [0.2, 0.25) is 0 Å². The molecule has 4 heteroatoms. The van der Waals surface area contributed by atoms with Crippen LogP contribution in [0.25, 0.3) is 5.69 Å². The number of aliphatic hydroxyl groups is 1. The lowest BCUT2D eigenvalue weighted by atomic mass is 9.75. The molecule has 1 heterocycles. The van der Waals surface area contributed by atoms with Crippen LogP contribution in [-0.4, -0.2) is 28.0 Å². The smallest absolute Gasteiger partial charge is 0.0645 e. The number of para-hydroxylation sites is 1. The summed E-state index contributed by atoms with van der Waals surface area (Å²) in [6.07, 6.45) is 3.95. The largest absolute Gasteiger partial charge is 0.396 e. The zero-order chi connectivity index (χ0) is 18.4. The molecule has 0 fully saturated rings. The lowest BCUT2D eigenvalue weighted by Crippen LogP contribution is -2.34. The Morgan fingerprint density at radius 3 is 2.35 bits per heavy atom. The van der Waals surface area contributed by atoms with Crippen molar-refractivity contribution in [1.29, 1.82) is 0 Å². The van der Waals surface area contributed by atoms with E-state index in [1.807, 2.05) is 47.3 Å². The molecule has 0 amide bonds. The molecule has 26 heavy (non-hydrogen) atoms. The summed E-state index contributed by atoms with van der Waals surface area (Å²) in [6.45, 7) is 5.92. The van der Waals surface area contributed by atoms with Gasteiger partial charge in [-0.25, -0.2) is 4.68 Å². The van der Waals surface area contributed by atoms with Gasteiger partial charge in [-0.2, -0.15) is 5.10 Å². The van der Waals surface area contributed by atoms with Gasteiger partial charge in [-0.3, -0.25) is 0 Å². The zero-order valence-electron chi connectivity index (χ0n) is 15.5. The summed E-state index contributed by atoms with van der Waals surface area (Å²) in [7, 11) is 0. The van der Waals surface area contributed by atoms with Crippen LogP contribution in [0.3, 0.4) is 0 Å². The van der Waals surface area contributed by atoms with Gasteiger partial charge in [0.25, 0.3) is 0 Å². The molecule has 3 rings (SSSR count). The summed E-state index contributed by atoms with van der Waals surface area (Å²) < 4.78 is 1.89. The number of nitrogens with zero attached hydrogens (tertiary/aromatic N) is 2. The monoisotopic (exact) mass is 349 g/mol. The van der Waals surface area contributed by atoms with Gasteiger partial charge in [-0.1, -0.05) is 62.4 Å². The number of benzene rings is 2. The Labute approximate surface area is 155 Å². The molecule has 0 saturated carbocycles. The molecule has 0 radical (unpaired) electrons. The molecule has 0 saturated heterocycles. The van der Waals surface area contributed by atoms with E-state index in [0.717, 1.165) is 24.3 Å². The van der Waals surface area contributed by atoms with Gasteiger partial charge in [0, 0.05) is 37.4 Å². The quantitative estimate of drug-likeness (QED) is 0.651. The first-order valence-corrected chi connectivity index (χ1v) is 9.05. The zero-order valence-corrected chi connectivity index (χ0v) is 15.5. The standard InChI is InChI=1S/C22H27N3O/c1-22(2,17-26)21(19-9-5-3-6-10-19)15-23-13-18-14-24-25(16-18)20-11-7-4-8-12-20/h3-12,14,16,21,23,26H,13,15,17H2,1-2H3. The highest BCUT2D eigenvalue weighted by Crippen LogP contribution is 2.34. The summed E-state index contributed by atoms with van der Waals surface area (Å²) in [6, 6.07) is 20.5. The molecule has 0 aliphatic rings. The van der Waals surface area contributed by atoms with Gasteiger partial charge in [-0.05, 0) is 23.1 Å². The lowest BCUT2D eigenvalue weighted by Gasteiger charge is -2.33. The summed E-state index contributed by atoms with van der Waals surface area (Å²) in [5.41, 5.74) is 3.26. The Bertz CT molecular complexity index is 797. The molecule has 1 unspecified atom stereocenters. The normalized spacial score (nSPS) is 12.9. The van der Waals surface area contributed by atoms with E-state index in [4.69, 9.17) is 0 Å². The molecule has 1 atom stereocenters. The summed E-state index contributed by atoms with van der Waals surface area (Å²) in [5.74, 6) is 0.234. The van der Waals surface area contributed by atoms with Crippen molar-refractivity contribution in [3.63, 3.8) is 0 Å². The van der Waals surface area contributed by atoms with Crippen molar-refractivity contribution in [2.24, 2.45) is 5.41 Å². The number of hydrogen-bond acceptors (Lipinski definition) is 3. The Kier molecular flexibility index (Phi) is 5.86. The van der Waals surface area contributed by atoms with E-state index < -0.39 is 0 Å². The fraction of sp³-hybridized carbons (Fsp3) is 0.318. The van der Waals surface area contributed by atoms with Gasteiger partial charge >= 0.3 is 0 Å². The minimum atomic E-state index is -0.192. The molecular weight excluding hydrogens is 322 g/mol.